The molecule has 1 aromatic heterocycles. The molecule has 0 saturated heterocycles. The topological polar surface area (TPSA) is 81.1 Å². The summed E-state index contributed by atoms with van der Waals surface area (Å²) >= 11 is 7.37. The Morgan fingerprint density at radius 1 is 1.16 bits per heavy atom. The number of amides is 1. The standard InChI is InChI=1S/C22H24ClN5O2S/c1-3-5-18-25-26-22-28(18)27-19(14-6-12-17(13-7-14)30-4-2)20(31-22)21(29)24-16-10-8-15(23)9-11-16/h6-13,19-20,27H,3-5H2,1-2H3,(H,24,29)/t19-,20+/m1/s1. The summed E-state index contributed by atoms with van der Waals surface area (Å²) < 4.78 is 7.47. The van der Waals surface area contributed by atoms with Gasteiger partial charge in [0.15, 0.2) is 5.82 Å². The van der Waals surface area contributed by atoms with Crippen LogP contribution < -0.4 is 15.5 Å². The van der Waals surface area contributed by atoms with Gasteiger partial charge in [0.25, 0.3) is 0 Å². The van der Waals surface area contributed by atoms with Gasteiger partial charge < -0.3 is 15.5 Å². The summed E-state index contributed by atoms with van der Waals surface area (Å²) in [5.41, 5.74) is 5.15. The van der Waals surface area contributed by atoms with Crippen molar-refractivity contribution in [3.8, 4) is 5.75 Å². The number of rotatable bonds is 7. The minimum absolute atomic E-state index is 0.120. The molecule has 3 aromatic rings. The van der Waals surface area contributed by atoms with Gasteiger partial charge in [-0.3, -0.25) is 4.79 Å². The van der Waals surface area contributed by atoms with Crippen molar-refractivity contribution >= 4 is 35.0 Å². The van der Waals surface area contributed by atoms with E-state index in [0.29, 0.717) is 22.5 Å². The van der Waals surface area contributed by atoms with E-state index in [1.165, 1.54) is 11.8 Å². The van der Waals surface area contributed by atoms with E-state index in [-0.39, 0.29) is 11.9 Å². The molecule has 2 aromatic carbocycles. The molecule has 2 atom stereocenters. The predicted molar refractivity (Wildman–Crippen MR) is 123 cm³/mol. The maximum atomic E-state index is 13.3. The molecule has 0 fully saturated rings. The number of carbonyl (C=O) groups excluding carboxylic acids is 1. The Labute approximate surface area is 190 Å². The quantitative estimate of drug-likeness (QED) is 0.536. The van der Waals surface area contributed by atoms with E-state index >= 15 is 0 Å². The average molecular weight is 458 g/mol. The van der Waals surface area contributed by atoms with Crippen LogP contribution in [0.4, 0.5) is 5.69 Å². The van der Waals surface area contributed by atoms with Crippen LogP contribution in [0.1, 0.15) is 37.7 Å². The van der Waals surface area contributed by atoms with E-state index in [4.69, 9.17) is 16.3 Å². The number of hydrogen-bond donors (Lipinski definition) is 2. The first-order chi connectivity index (χ1) is 15.1. The van der Waals surface area contributed by atoms with Crippen LogP contribution in [0.2, 0.25) is 5.02 Å². The number of thioether (sulfide) groups is 1. The average Bonchev–Trinajstić information content (AvgIpc) is 3.17. The summed E-state index contributed by atoms with van der Waals surface area (Å²) in [6, 6.07) is 14.6. The molecule has 162 valence electrons. The number of benzene rings is 2. The first-order valence-electron chi connectivity index (χ1n) is 10.3. The molecule has 0 spiro atoms. The van der Waals surface area contributed by atoms with Crippen LogP contribution >= 0.6 is 23.4 Å². The van der Waals surface area contributed by atoms with Crippen LogP contribution in [0.3, 0.4) is 0 Å². The van der Waals surface area contributed by atoms with E-state index in [9.17, 15) is 4.79 Å². The Balaban J connectivity index is 1.64. The Bertz CT molecular complexity index is 1040. The number of anilines is 1. The van der Waals surface area contributed by atoms with E-state index in [1.54, 1.807) is 24.3 Å². The Kier molecular flexibility index (Phi) is 6.67. The molecule has 9 heteroatoms. The number of aromatic nitrogens is 3. The third-order valence-electron chi connectivity index (χ3n) is 4.90. The lowest BCUT2D eigenvalue weighted by molar-refractivity contribution is -0.116. The van der Waals surface area contributed by atoms with Crippen molar-refractivity contribution in [2.45, 2.75) is 43.1 Å². The Hall–Kier alpha value is -2.71. The Morgan fingerprint density at radius 3 is 2.58 bits per heavy atom. The number of aryl methyl sites for hydroxylation is 1. The normalized spacial score (nSPS) is 17.5. The van der Waals surface area contributed by atoms with Crippen LogP contribution in [0.15, 0.2) is 53.7 Å². The van der Waals surface area contributed by atoms with Gasteiger partial charge in [0, 0.05) is 17.1 Å². The number of nitrogens with one attached hydrogen (secondary N) is 2. The number of halogens is 1. The van der Waals surface area contributed by atoms with Gasteiger partial charge in [-0.25, -0.2) is 4.68 Å². The van der Waals surface area contributed by atoms with Crippen LogP contribution in [-0.2, 0) is 11.2 Å². The molecule has 1 aliphatic heterocycles. The molecule has 31 heavy (non-hydrogen) atoms. The fourth-order valence-corrected chi connectivity index (χ4v) is 4.64. The number of hydrogen-bond acceptors (Lipinski definition) is 6. The lowest BCUT2D eigenvalue weighted by Crippen LogP contribution is -2.41. The first kappa shape index (κ1) is 21.5. The van der Waals surface area contributed by atoms with E-state index in [2.05, 4.69) is 27.9 Å². The van der Waals surface area contributed by atoms with Crippen molar-refractivity contribution < 1.29 is 9.53 Å². The van der Waals surface area contributed by atoms with Crippen LogP contribution in [0.25, 0.3) is 0 Å². The molecular formula is C22H24ClN5O2S. The molecule has 1 amide bonds. The largest absolute Gasteiger partial charge is 0.494 e. The summed E-state index contributed by atoms with van der Waals surface area (Å²) in [4.78, 5) is 13.3. The van der Waals surface area contributed by atoms with E-state index in [1.807, 2.05) is 35.9 Å². The van der Waals surface area contributed by atoms with Gasteiger partial charge in [0.1, 0.15) is 11.0 Å². The monoisotopic (exact) mass is 457 g/mol. The molecule has 0 unspecified atom stereocenters. The number of ether oxygens (including phenoxy) is 1. The minimum Gasteiger partial charge on any atom is -0.494 e. The molecule has 7 nitrogen and oxygen atoms in total. The SMILES string of the molecule is CCCc1nnc2n1N[C@H](c1ccc(OCC)cc1)[C@@H](C(=O)Nc1ccc(Cl)cc1)S2. The number of fused-ring (bicyclic) bond motifs is 1. The van der Waals surface area contributed by atoms with Crippen molar-refractivity contribution in [2.24, 2.45) is 0 Å². The summed E-state index contributed by atoms with van der Waals surface area (Å²) in [5.74, 6) is 1.54. The molecule has 4 rings (SSSR count). The zero-order valence-corrected chi connectivity index (χ0v) is 18.9. The van der Waals surface area contributed by atoms with Gasteiger partial charge in [-0.1, -0.05) is 42.4 Å². The second-order valence-corrected chi connectivity index (χ2v) is 8.67. The first-order valence-corrected chi connectivity index (χ1v) is 11.5. The van der Waals surface area contributed by atoms with Gasteiger partial charge in [0.2, 0.25) is 11.1 Å². The smallest absolute Gasteiger partial charge is 0.240 e. The molecule has 2 N–H and O–H groups in total. The molecule has 1 aliphatic rings. The zero-order chi connectivity index (χ0) is 21.8. The molecule has 0 saturated carbocycles. The van der Waals surface area contributed by atoms with Crippen LogP contribution in [0, 0.1) is 0 Å². The maximum absolute atomic E-state index is 13.3. The van der Waals surface area contributed by atoms with Gasteiger partial charge in [-0.15, -0.1) is 10.2 Å². The second kappa shape index (κ2) is 9.62. The predicted octanol–water partition coefficient (Wildman–Crippen LogP) is 4.68. The highest BCUT2D eigenvalue weighted by Gasteiger charge is 2.37. The highest BCUT2D eigenvalue weighted by molar-refractivity contribution is 8.00. The maximum Gasteiger partial charge on any atom is 0.240 e. The fraction of sp³-hybridized carbons (Fsp3) is 0.318. The fourth-order valence-electron chi connectivity index (χ4n) is 3.42. The molecule has 0 aliphatic carbocycles. The third-order valence-corrected chi connectivity index (χ3v) is 6.36. The van der Waals surface area contributed by atoms with Crippen molar-refractivity contribution in [2.75, 3.05) is 17.3 Å². The Morgan fingerprint density at radius 2 is 1.90 bits per heavy atom. The van der Waals surface area contributed by atoms with Crippen molar-refractivity contribution in [3.05, 3.63) is 64.9 Å². The van der Waals surface area contributed by atoms with Gasteiger partial charge in [-0.05, 0) is 55.3 Å². The van der Waals surface area contributed by atoms with E-state index in [0.717, 1.165) is 30.0 Å². The van der Waals surface area contributed by atoms with Crippen LogP contribution in [0.5, 0.6) is 5.75 Å². The molecule has 0 radical (unpaired) electrons. The summed E-state index contributed by atoms with van der Waals surface area (Å²) in [6.07, 6.45) is 1.76. The number of carbonyl (C=O) groups is 1. The van der Waals surface area contributed by atoms with Gasteiger partial charge >= 0.3 is 0 Å². The summed E-state index contributed by atoms with van der Waals surface area (Å²) in [6.45, 7) is 4.66. The van der Waals surface area contributed by atoms with Gasteiger partial charge in [0.05, 0.1) is 12.6 Å². The number of nitrogens with zero attached hydrogens (tertiary/aromatic N) is 3. The van der Waals surface area contributed by atoms with Crippen LogP contribution in [-0.4, -0.2) is 32.6 Å². The second-order valence-electron chi connectivity index (χ2n) is 7.13. The lowest BCUT2D eigenvalue weighted by Gasteiger charge is -2.33. The van der Waals surface area contributed by atoms with Crippen molar-refractivity contribution in [1.82, 2.24) is 14.9 Å². The summed E-state index contributed by atoms with van der Waals surface area (Å²) in [5, 5.41) is 12.4. The third kappa shape index (κ3) is 4.80. The molecule has 0 bridgehead atoms. The zero-order valence-electron chi connectivity index (χ0n) is 17.3. The summed E-state index contributed by atoms with van der Waals surface area (Å²) in [7, 11) is 0. The highest BCUT2D eigenvalue weighted by atomic mass is 35.5. The van der Waals surface area contributed by atoms with Crippen molar-refractivity contribution in [3.63, 3.8) is 0 Å². The van der Waals surface area contributed by atoms with Gasteiger partial charge in [-0.2, -0.15) is 0 Å². The van der Waals surface area contributed by atoms with E-state index < -0.39 is 5.25 Å². The lowest BCUT2D eigenvalue weighted by atomic mass is 10.0. The molecular weight excluding hydrogens is 434 g/mol. The minimum atomic E-state index is -0.445. The van der Waals surface area contributed by atoms with Crippen molar-refractivity contribution in [1.29, 1.82) is 0 Å². The molecule has 2 heterocycles. The highest BCUT2D eigenvalue weighted by Crippen LogP contribution is 2.38.